The SMILES string of the molecule is CCS(=O)(=O)NCCCCCSC. The van der Waals surface area contributed by atoms with Crippen LogP contribution in [0.2, 0.25) is 0 Å². The highest BCUT2D eigenvalue weighted by Crippen LogP contribution is 2.01. The van der Waals surface area contributed by atoms with Gasteiger partial charge in [-0.05, 0) is 31.8 Å². The van der Waals surface area contributed by atoms with Crippen molar-refractivity contribution in [1.82, 2.24) is 4.72 Å². The van der Waals surface area contributed by atoms with Gasteiger partial charge in [-0.2, -0.15) is 11.8 Å². The lowest BCUT2D eigenvalue weighted by atomic mass is 10.2. The first kappa shape index (κ1) is 13.3. The Kier molecular flexibility index (Phi) is 7.80. The number of hydrogen-bond acceptors (Lipinski definition) is 3. The summed E-state index contributed by atoms with van der Waals surface area (Å²) in [6.07, 6.45) is 5.31. The summed E-state index contributed by atoms with van der Waals surface area (Å²) < 4.78 is 24.5. The van der Waals surface area contributed by atoms with E-state index in [1.165, 1.54) is 12.2 Å². The van der Waals surface area contributed by atoms with Gasteiger partial charge in [-0.25, -0.2) is 13.1 Å². The fourth-order valence-corrected chi connectivity index (χ4v) is 2.03. The molecule has 0 atom stereocenters. The number of hydrogen-bond donors (Lipinski definition) is 1. The molecule has 0 aromatic carbocycles. The molecular weight excluding hydrogens is 206 g/mol. The number of unbranched alkanes of at least 4 members (excludes halogenated alkanes) is 2. The molecule has 0 unspecified atom stereocenters. The predicted molar refractivity (Wildman–Crippen MR) is 59.7 cm³/mol. The Labute approximate surface area is 85.7 Å². The van der Waals surface area contributed by atoms with Crippen LogP contribution in [0.3, 0.4) is 0 Å². The van der Waals surface area contributed by atoms with Gasteiger partial charge in [0, 0.05) is 6.54 Å². The zero-order chi connectivity index (χ0) is 10.2. The second-order valence-electron chi connectivity index (χ2n) is 2.85. The Morgan fingerprint density at radius 3 is 2.46 bits per heavy atom. The van der Waals surface area contributed by atoms with E-state index < -0.39 is 10.0 Å². The monoisotopic (exact) mass is 225 g/mol. The van der Waals surface area contributed by atoms with Gasteiger partial charge in [0.15, 0.2) is 0 Å². The quantitative estimate of drug-likeness (QED) is 0.636. The predicted octanol–water partition coefficient (Wildman–Crippen LogP) is 1.46. The third-order valence-corrected chi connectivity index (χ3v) is 3.83. The Bertz CT molecular complexity index is 202. The molecule has 0 aliphatic carbocycles. The minimum Gasteiger partial charge on any atom is -0.215 e. The summed E-state index contributed by atoms with van der Waals surface area (Å²) in [4.78, 5) is 0. The minimum atomic E-state index is -2.97. The summed E-state index contributed by atoms with van der Waals surface area (Å²) in [5.41, 5.74) is 0. The average molecular weight is 225 g/mol. The molecule has 13 heavy (non-hydrogen) atoms. The molecule has 80 valence electrons. The first-order chi connectivity index (χ1) is 6.12. The van der Waals surface area contributed by atoms with Crippen molar-refractivity contribution in [2.24, 2.45) is 0 Å². The third kappa shape index (κ3) is 8.59. The highest BCUT2D eigenvalue weighted by Gasteiger charge is 2.03. The number of thioether (sulfide) groups is 1. The van der Waals surface area contributed by atoms with Gasteiger partial charge in [0.2, 0.25) is 10.0 Å². The van der Waals surface area contributed by atoms with Crippen LogP contribution in [0.25, 0.3) is 0 Å². The van der Waals surface area contributed by atoms with Crippen molar-refractivity contribution in [3.63, 3.8) is 0 Å². The molecule has 1 N–H and O–H groups in total. The summed E-state index contributed by atoms with van der Waals surface area (Å²) in [5, 5.41) is 0. The molecule has 0 bridgehead atoms. The molecule has 0 heterocycles. The standard InChI is InChI=1S/C8H19NO2S2/c1-3-13(10,11)9-7-5-4-6-8-12-2/h9H,3-8H2,1-2H3. The maximum Gasteiger partial charge on any atom is 0.211 e. The highest BCUT2D eigenvalue weighted by molar-refractivity contribution is 7.98. The van der Waals surface area contributed by atoms with E-state index in [1.807, 2.05) is 11.8 Å². The molecule has 0 saturated heterocycles. The Morgan fingerprint density at radius 1 is 1.23 bits per heavy atom. The van der Waals surface area contributed by atoms with E-state index in [0.29, 0.717) is 6.54 Å². The van der Waals surface area contributed by atoms with E-state index in [9.17, 15) is 8.42 Å². The van der Waals surface area contributed by atoms with Crippen molar-refractivity contribution in [2.75, 3.05) is 24.3 Å². The van der Waals surface area contributed by atoms with Gasteiger partial charge < -0.3 is 0 Å². The second-order valence-corrected chi connectivity index (χ2v) is 5.93. The lowest BCUT2D eigenvalue weighted by molar-refractivity contribution is 0.577. The summed E-state index contributed by atoms with van der Waals surface area (Å²) in [6, 6.07) is 0. The molecule has 0 aliphatic rings. The first-order valence-electron chi connectivity index (χ1n) is 4.58. The molecule has 0 fully saturated rings. The number of rotatable bonds is 8. The smallest absolute Gasteiger partial charge is 0.211 e. The van der Waals surface area contributed by atoms with Crippen LogP contribution < -0.4 is 4.72 Å². The van der Waals surface area contributed by atoms with Crippen LogP contribution >= 0.6 is 11.8 Å². The molecule has 0 amide bonds. The maximum absolute atomic E-state index is 11.0. The van der Waals surface area contributed by atoms with E-state index in [1.54, 1.807) is 6.92 Å². The molecule has 0 aromatic rings. The normalized spacial score (nSPS) is 11.8. The van der Waals surface area contributed by atoms with Crippen LogP contribution in [-0.2, 0) is 10.0 Å². The highest BCUT2D eigenvalue weighted by atomic mass is 32.2. The molecule has 0 rings (SSSR count). The summed E-state index contributed by atoms with van der Waals surface area (Å²) in [7, 11) is -2.97. The topological polar surface area (TPSA) is 46.2 Å². The minimum absolute atomic E-state index is 0.178. The Balaban J connectivity index is 3.26. The molecule has 0 aromatic heterocycles. The van der Waals surface area contributed by atoms with Crippen LogP contribution in [0.1, 0.15) is 26.2 Å². The van der Waals surface area contributed by atoms with Crippen LogP contribution in [0, 0.1) is 0 Å². The first-order valence-corrected chi connectivity index (χ1v) is 7.63. The zero-order valence-corrected chi connectivity index (χ0v) is 10.0. The molecule has 0 saturated carbocycles. The van der Waals surface area contributed by atoms with E-state index >= 15 is 0 Å². The Morgan fingerprint density at radius 2 is 1.92 bits per heavy atom. The number of nitrogens with one attached hydrogen (secondary N) is 1. The van der Waals surface area contributed by atoms with Crippen LogP contribution in [0.5, 0.6) is 0 Å². The fraction of sp³-hybridized carbons (Fsp3) is 1.00. The molecule has 0 aliphatic heterocycles. The van der Waals surface area contributed by atoms with Crippen LogP contribution in [-0.4, -0.2) is 32.7 Å². The van der Waals surface area contributed by atoms with Gasteiger partial charge >= 0.3 is 0 Å². The van der Waals surface area contributed by atoms with Gasteiger partial charge in [0.25, 0.3) is 0 Å². The van der Waals surface area contributed by atoms with Gasteiger partial charge in [0.1, 0.15) is 0 Å². The van der Waals surface area contributed by atoms with Crippen molar-refractivity contribution >= 4 is 21.8 Å². The molecular formula is C8H19NO2S2. The van der Waals surface area contributed by atoms with Crippen molar-refractivity contribution < 1.29 is 8.42 Å². The summed E-state index contributed by atoms with van der Waals surface area (Å²) in [5.74, 6) is 1.35. The Hall–Kier alpha value is 0.260. The van der Waals surface area contributed by atoms with Crippen LogP contribution in [0.15, 0.2) is 0 Å². The number of sulfonamides is 1. The largest absolute Gasteiger partial charge is 0.215 e. The van der Waals surface area contributed by atoms with Crippen molar-refractivity contribution in [1.29, 1.82) is 0 Å². The third-order valence-electron chi connectivity index (χ3n) is 1.73. The maximum atomic E-state index is 11.0. The summed E-state index contributed by atoms with van der Waals surface area (Å²) >= 11 is 1.83. The van der Waals surface area contributed by atoms with E-state index in [4.69, 9.17) is 0 Å². The van der Waals surface area contributed by atoms with Gasteiger partial charge in [-0.15, -0.1) is 0 Å². The van der Waals surface area contributed by atoms with E-state index in [0.717, 1.165) is 12.8 Å². The van der Waals surface area contributed by atoms with E-state index in [2.05, 4.69) is 11.0 Å². The van der Waals surface area contributed by atoms with Crippen molar-refractivity contribution in [3.05, 3.63) is 0 Å². The van der Waals surface area contributed by atoms with Crippen molar-refractivity contribution in [2.45, 2.75) is 26.2 Å². The van der Waals surface area contributed by atoms with Gasteiger partial charge in [-0.1, -0.05) is 6.42 Å². The zero-order valence-electron chi connectivity index (χ0n) is 8.38. The van der Waals surface area contributed by atoms with Gasteiger partial charge in [0.05, 0.1) is 5.75 Å². The van der Waals surface area contributed by atoms with Crippen molar-refractivity contribution in [3.8, 4) is 0 Å². The van der Waals surface area contributed by atoms with Gasteiger partial charge in [-0.3, -0.25) is 0 Å². The molecule has 0 spiro atoms. The molecule has 3 nitrogen and oxygen atoms in total. The molecule has 0 radical (unpaired) electrons. The van der Waals surface area contributed by atoms with E-state index in [-0.39, 0.29) is 5.75 Å². The summed E-state index contributed by atoms with van der Waals surface area (Å²) in [6.45, 7) is 2.24. The second kappa shape index (κ2) is 7.64. The average Bonchev–Trinajstić information content (AvgIpc) is 2.11. The lowest BCUT2D eigenvalue weighted by Gasteiger charge is -2.03. The molecule has 5 heteroatoms. The van der Waals surface area contributed by atoms with Crippen LogP contribution in [0.4, 0.5) is 0 Å². The lowest BCUT2D eigenvalue weighted by Crippen LogP contribution is -2.26. The fourth-order valence-electron chi connectivity index (χ4n) is 0.878.